The van der Waals surface area contributed by atoms with E-state index in [2.05, 4.69) is 9.68 Å². The molecule has 0 saturated carbocycles. The number of unbranched alkanes of at least 4 members (excludes halogenated alkanes) is 1. The van der Waals surface area contributed by atoms with Gasteiger partial charge in [-0.3, -0.25) is 4.79 Å². The number of hydrogen-bond acceptors (Lipinski definition) is 5. The Labute approximate surface area is 180 Å². The van der Waals surface area contributed by atoms with Crippen LogP contribution in [0.5, 0.6) is 11.5 Å². The van der Waals surface area contributed by atoms with Crippen molar-refractivity contribution in [3.63, 3.8) is 0 Å². The third kappa shape index (κ3) is 7.16. The highest BCUT2D eigenvalue weighted by molar-refractivity contribution is 7.93. The summed E-state index contributed by atoms with van der Waals surface area (Å²) in [5.41, 5.74) is 0.280. The van der Waals surface area contributed by atoms with Gasteiger partial charge in [0.25, 0.3) is 5.91 Å². The molecule has 31 heavy (non-hydrogen) atoms. The first-order valence-corrected chi connectivity index (χ1v) is 11.6. The molecule has 0 fully saturated rings. The first-order valence-electron chi connectivity index (χ1n) is 9.67. The van der Waals surface area contributed by atoms with Crippen molar-refractivity contribution in [3.05, 3.63) is 48.0 Å². The molecule has 0 bridgehead atoms. The van der Waals surface area contributed by atoms with Crippen molar-refractivity contribution in [3.8, 4) is 11.5 Å². The fraction of sp³-hybridized carbons (Fsp3) is 0.381. The highest BCUT2D eigenvalue weighted by Crippen LogP contribution is 2.38. The minimum atomic E-state index is -4.55. The topological polar surface area (TPSA) is 79.8 Å². The Morgan fingerprint density at radius 2 is 1.87 bits per heavy atom. The zero-order valence-corrected chi connectivity index (χ0v) is 18.4. The maximum absolute atomic E-state index is 13.2. The van der Waals surface area contributed by atoms with Crippen molar-refractivity contribution in [2.75, 3.05) is 31.7 Å². The van der Waals surface area contributed by atoms with Crippen molar-refractivity contribution in [1.29, 1.82) is 0 Å². The quantitative estimate of drug-likeness (QED) is 0.516. The molecule has 0 radical (unpaired) electrons. The fourth-order valence-corrected chi connectivity index (χ4v) is 3.68. The van der Waals surface area contributed by atoms with Crippen LogP contribution in [-0.4, -0.2) is 42.7 Å². The number of halogens is 3. The molecule has 6 nitrogen and oxygen atoms in total. The second-order valence-corrected chi connectivity index (χ2v) is 9.24. The van der Waals surface area contributed by atoms with E-state index in [1.807, 2.05) is 18.3 Å². The van der Waals surface area contributed by atoms with E-state index in [0.29, 0.717) is 18.0 Å². The van der Waals surface area contributed by atoms with Crippen LogP contribution in [0, 0.1) is 0 Å². The number of anilines is 1. The molecule has 1 atom stereocenters. The van der Waals surface area contributed by atoms with Gasteiger partial charge in [0.2, 0.25) is 0 Å². The lowest BCUT2D eigenvalue weighted by atomic mass is 10.1. The van der Waals surface area contributed by atoms with Crippen LogP contribution in [0.15, 0.2) is 51.7 Å². The van der Waals surface area contributed by atoms with Gasteiger partial charge in [-0.2, -0.15) is 13.2 Å². The van der Waals surface area contributed by atoms with Crippen LogP contribution in [0.3, 0.4) is 0 Å². The number of benzene rings is 2. The summed E-state index contributed by atoms with van der Waals surface area (Å²) in [6, 6.07) is 11.4. The number of alkyl halides is 3. The zero-order chi connectivity index (χ0) is 23.1. The average Bonchev–Trinajstić information content (AvgIpc) is 2.73. The summed E-state index contributed by atoms with van der Waals surface area (Å²) in [7, 11) is -1.62. The number of ether oxygens (including phenoxy) is 1. The first kappa shape index (κ1) is 24.5. The Kier molecular flexibility index (Phi) is 8.32. The fourth-order valence-electron chi connectivity index (χ4n) is 2.64. The van der Waals surface area contributed by atoms with Crippen molar-refractivity contribution >= 4 is 21.3 Å². The summed E-state index contributed by atoms with van der Waals surface area (Å²) in [6.07, 6.45) is -1.46. The van der Waals surface area contributed by atoms with Crippen molar-refractivity contribution in [2.24, 2.45) is 4.36 Å². The van der Waals surface area contributed by atoms with Crippen molar-refractivity contribution < 1.29 is 26.9 Å². The molecule has 0 heterocycles. The smallest absolute Gasteiger partial charge is 0.405 e. The van der Waals surface area contributed by atoms with E-state index < -0.39 is 28.4 Å². The molecular weight excluding hydrogens is 431 g/mol. The molecule has 10 heteroatoms. The third-order valence-electron chi connectivity index (χ3n) is 4.33. The molecule has 2 rings (SSSR count). The number of amides is 1. The Balaban J connectivity index is 2.59. The summed E-state index contributed by atoms with van der Waals surface area (Å²) in [5, 5.41) is 4.99. The van der Waals surface area contributed by atoms with Crippen LogP contribution < -0.4 is 15.4 Å². The van der Waals surface area contributed by atoms with Gasteiger partial charge in [0.1, 0.15) is 12.3 Å². The summed E-state index contributed by atoms with van der Waals surface area (Å²) in [5.74, 6) is -0.245. The maximum atomic E-state index is 13.2. The Bertz CT molecular complexity index is 1020. The third-order valence-corrected chi connectivity index (χ3v) is 6.15. The monoisotopic (exact) mass is 457 g/mol. The van der Waals surface area contributed by atoms with Gasteiger partial charge in [-0.1, -0.05) is 31.5 Å². The summed E-state index contributed by atoms with van der Waals surface area (Å²) in [6.45, 7) is 1.06. The minimum absolute atomic E-state index is 0.0723. The van der Waals surface area contributed by atoms with Crippen molar-refractivity contribution in [1.82, 2.24) is 5.32 Å². The van der Waals surface area contributed by atoms with E-state index in [1.165, 1.54) is 25.4 Å². The Hall–Kier alpha value is -2.75. The number of para-hydroxylation sites is 1. The highest BCUT2D eigenvalue weighted by Gasteiger charge is 2.29. The lowest BCUT2D eigenvalue weighted by Crippen LogP contribution is -2.33. The van der Waals surface area contributed by atoms with E-state index in [9.17, 15) is 22.2 Å². The van der Waals surface area contributed by atoms with E-state index in [0.717, 1.165) is 12.8 Å². The number of carbonyl (C=O) groups is 1. The molecule has 1 unspecified atom stereocenters. The zero-order valence-electron chi connectivity index (χ0n) is 17.6. The Morgan fingerprint density at radius 1 is 1.19 bits per heavy atom. The highest BCUT2D eigenvalue weighted by atomic mass is 32.2. The van der Waals surface area contributed by atoms with E-state index in [-0.39, 0.29) is 16.2 Å². The SMILES string of the molecule is CCCCNc1cc(C(=O)NCC(F)(F)F)cc(S(C)(=O)=NC)c1Oc1ccccc1. The summed E-state index contributed by atoms with van der Waals surface area (Å²) < 4.78 is 60.7. The minimum Gasteiger partial charge on any atom is -0.454 e. The predicted molar refractivity (Wildman–Crippen MR) is 115 cm³/mol. The molecule has 1 amide bonds. The molecular formula is C21H26F3N3O3S. The molecule has 2 N–H and O–H groups in total. The molecule has 0 aliphatic carbocycles. The number of nitrogens with zero attached hydrogens (tertiary/aromatic N) is 1. The van der Waals surface area contributed by atoms with Gasteiger partial charge < -0.3 is 15.4 Å². The Morgan fingerprint density at radius 3 is 2.45 bits per heavy atom. The first-order chi connectivity index (χ1) is 14.6. The largest absolute Gasteiger partial charge is 0.454 e. The number of nitrogens with one attached hydrogen (secondary N) is 2. The normalized spacial score (nSPS) is 13.2. The van der Waals surface area contributed by atoms with Gasteiger partial charge in [0.05, 0.1) is 20.3 Å². The van der Waals surface area contributed by atoms with Gasteiger partial charge in [0.15, 0.2) is 5.75 Å². The summed E-state index contributed by atoms with van der Waals surface area (Å²) >= 11 is 0. The molecule has 0 aliphatic heterocycles. The van der Waals surface area contributed by atoms with Gasteiger partial charge in [0, 0.05) is 25.4 Å². The number of rotatable bonds is 9. The molecule has 170 valence electrons. The molecule has 0 saturated heterocycles. The van der Waals surface area contributed by atoms with Crippen molar-refractivity contribution in [2.45, 2.75) is 30.8 Å². The molecule has 0 aromatic heterocycles. The standard InChI is InChI=1S/C21H26F3N3O3S/c1-4-5-11-26-17-12-15(20(28)27-14-21(22,23)24)13-18(31(3,29)25-2)19(17)30-16-9-7-6-8-10-16/h6-10,12-13,26H,4-5,11,14H2,1-3H3,(H,27,28). The number of hydrogen-bond donors (Lipinski definition) is 2. The van der Waals surface area contributed by atoms with E-state index in [1.54, 1.807) is 24.3 Å². The molecule has 0 spiro atoms. The molecule has 2 aromatic carbocycles. The van der Waals surface area contributed by atoms with Crippen LogP contribution in [0.4, 0.5) is 18.9 Å². The maximum Gasteiger partial charge on any atom is 0.405 e. The molecule has 0 aliphatic rings. The van der Waals surface area contributed by atoms with Gasteiger partial charge in [-0.05, 0) is 30.7 Å². The van der Waals surface area contributed by atoms with Gasteiger partial charge >= 0.3 is 6.18 Å². The van der Waals surface area contributed by atoms with E-state index >= 15 is 0 Å². The predicted octanol–water partition coefficient (Wildman–Crippen LogP) is 5.07. The van der Waals surface area contributed by atoms with E-state index in [4.69, 9.17) is 4.74 Å². The van der Waals surface area contributed by atoms with Crippen LogP contribution in [0.2, 0.25) is 0 Å². The lowest BCUT2D eigenvalue weighted by Gasteiger charge is -2.19. The van der Waals surface area contributed by atoms with Crippen LogP contribution in [0.1, 0.15) is 30.1 Å². The second-order valence-electron chi connectivity index (χ2n) is 6.83. The second kappa shape index (κ2) is 10.5. The summed E-state index contributed by atoms with van der Waals surface area (Å²) in [4.78, 5) is 12.5. The molecule has 2 aromatic rings. The van der Waals surface area contributed by atoms with Crippen LogP contribution >= 0.6 is 0 Å². The number of carbonyl (C=O) groups excluding carboxylic acids is 1. The van der Waals surface area contributed by atoms with Gasteiger partial charge in [-0.15, -0.1) is 0 Å². The van der Waals surface area contributed by atoms with Gasteiger partial charge in [-0.25, -0.2) is 8.57 Å². The lowest BCUT2D eigenvalue weighted by molar-refractivity contribution is -0.123. The van der Waals surface area contributed by atoms with Crippen LogP contribution in [-0.2, 0) is 9.73 Å². The average molecular weight is 458 g/mol. The van der Waals surface area contributed by atoms with Crippen LogP contribution in [0.25, 0.3) is 0 Å².